The molecule has 17 heavy (non-hydrogen) atoms. The smallest absolute Gasteiger partial charge is 0.306 e. The van der Waals surface area contributed by atoms with Crippen LogP contribution in [0.3, 0.4) is 0 Å². The van der Waals surface area contributed by atoms with Gasteiger partial charge in [-0.3, -0.25) is 9.59 Å². The molecule has 0 aromatic heterocycles. The lowest BCUT2D eigenvalue weighted by atomic mass is 10.1. The lowest BCUT2D eigenvalue weighted by molar-refractivity contribution is -0.148. The van der Waals surface area contributed by atoms with E-state index in [1.807, 2.05) is 13.8 Å². The van der Waals surface area contributed by atoms with E-state index in [0.29, 0.717) is 12.2 Å². The summed E-state index contributed by atoms with van der Waals surface area (Å²) < 4.78 is 5.12. The van der Waals surface area contributed by atoms with Gasteiger partial charge in [-0.25, -0.2) is 0 Å². The molecule has 1 aliphatic rings. The summed E-state index contributed by atoms with van der Waals surface area (Å²) in [6, 6.07) is 0. The standard InChI is InChI=1S/C12H19ClO3S/c1-8(2)16-10(14)6-12(4-5-12)7-17-11(15)9(3)13/h8-9H,4-7H2,1-3H3. The van der Waals surface area contributed by atoms with Crippen molar-refractivity contribution >= 4 is 34.4 Å². The van der Waals surface area contributed by atoms with Crippen molar-refractivity contribution in [2.24, 2.45) is 5.41 Å². The zero-order valence-electron chi connectivity index (χ0n) is 10.5. The molecule has 0 aromatic carbocycles. The Morgan fingerprint density at radius 3 is 2.35 bits per heavy atom. The summed E-state index contributed by atoms with van der Waals surface area (Å²) in [5, 5.41) is -0.478. The van der Waals surface area contributed by atoms with Gasteiger partial charge in [0.1, 0.15) is 0 Å². The van der Waals surface area contributed by atoms with E-state index in [1.165, 1.54) is 11.8 Å². The molecule has 0 heterocycles. The van der Waals surface area contributed by atoms with Gasteiger partial charge in [0.05, 0.1) is 17.9 Å². The van der Waals surface area contributed by atoms with E-state index < -0.39 is 5.38 Å². The SMILES string of the molecule is CC(C)OC(=O)CC1(CSC(=O)C(C)Cl)CC1. The van der Waals surface area contributed by atoms with Crippen molar-refractivity contribution in [1.82, 2.24) is 0 Å². The van der Waals surface area contributed by atoms with Crippen LogP contribution in [-0.4, -0.2) is 28.3 Å². The van der Waals surface area contributed by atoms with Gasteiger partial charge in [0.2, 0.25) is 5.12 Å². The third-order valence-electron chi connectivity index (χ3n) is 2.69. The topological polar surface area (TPSA) is 43.4 Å². The second-order valence-electron chi connectivity index (χ2n) is 4.94. The van der Waals surface area contributed by atoms with Crippen molar-refractivity contribution < 1.29 is 14.3 Å². The van der Waals surface area contributed by atoms with Crippen molar-refractivity contribution in [3.63, 3.8) is 0 Å². The van der Waals surface area contributed by atoms with Crippen molar-refractivity contribution in [3.05, 3.63) is 0 Å². The first-order chi connectivity index (χ1) is 7.84. The third kappa shape index (κ3) is 5.30. The number of esters is 1. The molecule has 5 heteroatoms. The molecule has 1 unspecified atom stereocenters. The molecule has 0 amide bonds. The van der Waals surface area contributed by atoms with Crippen molar-refractivity contribution in [3.8, 4) is 0 Å². The summed E-state index contributed by atoms with van der Waals surface area (Å²) in [5.41, 5.74) is -0.0158. The van der Waals surface area contributed by atoms with E-state index >= 15 is 0 Å². The summed E-state index contributed by atoms with van der Waals surface area (Å²) in [4.78, 5) is 22.9. The largest absolute Gasteiger partial charge is 0.463 e. The molecular weight excluding hydrogens is 260 g/mol. The number of carbonyl (C=O) groups is 2. The highest BCUT2D eigenvalue weighted by Gasteiger charge is 2.45. The highest BCUT2D eigenvalue weighted by atomic mass is 35.5. The van der Waals surface area contributed by atoms with Gasteiger partial charge in [0, 0.05) is 5.75 Å². The number of rotatable bonds is 6. The van der Waals surface area contributed by atoms with Gasteiger partial charge >= 0.3 is 5.97 Å². The van der Waals surface area contributed by atoms with Crippen LogP contribution in [0.4, 0.5) is 0 Å². The van der Waals surface area contributed by atoms with Gasteiger partial charge in [0.25, 0.3) is 0 Å². The Morgan fingerprint density at radius 1 is 1.35 bits per heavy atom. The second-order valence-corrected chi connectivity index (χ2v) is 6.57. The molecule has 1 atom stereocenters. The molecule has 0 aromatic rings. The molecular formula is C12H19ClO3S. The van der Waals surface area contributed by atoms with Gasteiger partial charge in [-0.2, -0.15) is 0 Å². The monoisotopic (exact) mass is 278 g/mol. The Balaban J connectivity index is 2.32. The molecule has 0 bridgehead atoms. The maximum Gasteiger partial charge on any atom is 0.306 e. The number of hydrogen-bond donors (Lipinski definition) is 0. The van der Waals surface area contributed by atoms with Crippen LogP contribution >= 0.6 is 23.4 Å². The van der Waals surface area contributed by atoms with Crippen LogP contribution in [0.5, 0.6) is 0 Å². The highest BCUT2D eigenvalue weighted by Crippen LogP contribution is 2.51. The van der Waals surface area contributed by atoms with E-state index in [4.69, 9.17) is 16.3 Å². The van der Waals surface area contributed by atoms with Crippen molar-refractivity contribution in [2.75, 3.05) is 5.75 Å². The Kier molecular flexibility index (Phi) is 5.32. The molecule has 1 fully saturated rings. The summed E-state index contributed by atoms with van der Waals surface area (Å²) in [5.74, 6) is 0.514. The van der Waals surface area contributed by atoms with E-state index in [9.17, 15) is 9.59 Å². The lowest BCUT2D eigenvalue weighted by Crippen LogP contribution is -2.19. The molecule has 3 nitrogen and oxygen atoms in total. The van der Waals surface area contributed by atoms with E-state index in [0.717, 1.165) is 12.8 Å². The van der Waals surface area contributed by atoms with Crippen molar-refractivity contribution in [2.45, 2.75) is 51.5 Å². The number of carbonyl (C=O) groups excluding carboxylic acids is 2. The highest BCUT2D eigenvalue weighted by molar-refractivity contribution is 8.13. The average molecular weight is 279 g/mol. The van der Waals surface area contributed by atoms with Crippen LogP contribution < -0.4 is 0 Å². The number of hydrogen-bond acceptors (Lipinski definition) is 4. The van der Waals surface area contributed by atoms with Gasteiger partial charge in [-0.15, -0.1) is 11.6 Å². The third-order valence-corrected chi connectivity index (χ3v) is 4.41. The molecule has 1 saturated carbocycles. The molecule has 0 saturated heterocycles. The van der Waals surface area contributed by atoms with Crippen LogP contribution in [0.15, 0.2) is 0 Å². The molecule has 0 N–H and O–H groups in total. The van der Waals surface area contributed by atoms with E-state index in [1.54, 1.807) is 6.92 Å². The average Bonchev–Trinajstić information content (AvgIpc) is 2.93. The second kappa shape index (κ2) is 6.10. The number of ether oxygens (including phenoxy) is 1. The zero-order chi connectivity index (χ0) is 13.1. The summed E-state index contributed by atoms with van der Waals surface area (Å²) in [6.45, 7) is 5.35. The van der Waals surface area contributed by atoms with Crippen LogP contribution in [0.25, 0.3) is 0 Å². The minimum atomic E-state index is -0.460. The Bertz CT molecular complexity index is 298. The fourth-order valence-corrected chi connectivity index (χ4v) is 2.76. The number of halogens is 1. The number of thioether (sulfide) groups is 1. The first-order valence-corrected chi connectivity index (χ1v) is 7.27. The van der Waals surface area contributed by atoms with Crippen LogP contribution in [0.2, 0.25) is 0 Å². The van der Waals surface area contributed by atoms with Gasteiger partial charge in [-0.05, 0) is 39.0 Å². The molecule has 0 radical (unpaired) electrons. The van der Waals surface area contributed by atoms with Crippen molar-refractivity contribution in [1.29, 1.82) is 0 Å². The maximum atomic E-state index is 11.5. The molecule has 1 rings (SSSR count). The minimum absolute atomic E-state index is 0.0158. The summed E-state index contributed by atoms with van der Waals surface area (Å²) in [7, 11) is 0. The van der Waals surface area contributed by atoms with Crippen LogP contribution in [-0.2, 0) is 14.3 Å². The number of alkyl halides is 1. The van der Waals surface area contributed by atoms with Gasteiger partial charge in [-0.1, -0.05) is 11.8 Å². The molecule has 98 valence electrons. The zero-order valence-corrected chi connectivity index (χ0v) is 12.1. The van der Waals surface area contributed by atoms with Gasteiger partial charge in [0.15, 0.2) is 0 Å². The van der Waals surface area contributed by atoms with E-state index in [2.05, 4.69) is 0 Å². The normalized spacial score (nSPS) is 18.9. The Labute approximate surface area is 112 Å². The van der Waals surface area contributed by atoms with E-state index in [-0.39, 0.29) is 22.6 Å². The Hall–Kier alpha value is -0.220. The first kappa shape index (κ1) is 14.8. The molecule has 1 aliphatic carbocycles. The minimum Gasteiger partial charge on any atom is -0.463 e. The predicted molar refractivity (Wildman–Crippen MR) is 70.3 cm³/mol. The molecule has 0 spiro atoms. The van der Waals surface area contributed by atoms with Crippen LogP contribution in [0, 0.1) is 5.41 Å². The lowest BCUT2D eigenvalue weighted by Gasteiger charge is -2.15. The fourth-order valence-electron chi connectivity index (χ4n) is 1.50. The maximum absolute atomic E-state index is 11.5. The predicted octanol–water partition coefficient (Wildman–Crippen LogP) is 3.00. The van der Waals surface area contributed by atoms with Crippen LogP contribution in [0.1, 0.15) is 40.0 Å². The summed E-state index contributed by atoms with van der Waals surface area (Å²) >= 11 is 6.93. The quantitative estimate of drug-likeness (QED) is 0.553. The summed E-state index contributed by atoms with van der Waals surface area (Å²) in [6.07, 6.45) is 2.34. The molecule has 0 aliphatic heterocycles. The first-order valence-electron chi connectivity index (χ1n) is 5.85. The fraction of sp³-hybridized carbons (Fsp3) is 0.833. The van der Waals surface area contributed by atoms with Gasteiger partial charge < -0.3 is 4.74 Å². The Morgan fingerprint density at radius 2 is 1.94 bits per heavy atom.